The Balaban J connectivity index is 0.000000861. The maximum atomic E-state index is 12.4. The topological polar surface area (TPSA) is 51.0 Å². The number of carbonyl (C=O) groups excluding carboxylic acids is 1. The summed E-state index contributed by atoms with van der Waals surface area (Å²) in [5.41, 5.74) is 2.56. The van der Waals surface area contributed by atoms with E-state index in [-0.39, 0.29) is 23.2 Å². The highest BCUT2D eigenvalue weighted by Crippen LogP contribution is 2.27. The quantitative estimate of drug-likeness (QED) is 0.288. The summed E-state index contributed by atoms with van der Waals surface area (Å²) in [5.74, 6) is 0.561. The highest BCUT2D eigenvalue weighted by atomic mass is 35.5. The molecule has 0 radical (unpaired) electrons. The molecule has 0 aliphatic carbocycles. The lowest BCUT2D eigenvalue weighted by Crippen LogP contribution is -2.30. The van der Waals surface area contributed by atoms with Gasteiger partial charge in [-0.3, -0.25) is 9.78 Å². The maximum absolute atomic E-state index is 12.4. The van der Waals surface area contributed by atoms with Crippen LogP contribution in [0.15, 0.2) is 42.3 Å². The van der Waals surface area contributed by atoms with Gasteiger partial charge in [0.1, 0.15) is 5.69 Å². The SMILES string of the molecule is CCN(C(=O)CCSCCC(F)(F)F)c1cn(-c2cccnc2)nc1Cl.Cl/C=C\CCl. The zero-order valence-corrected chi connectivity index (χ0v) is 19.7. The smallest absolute Gasteiger partial charge is 0.308 e. The molecule has 12 heteroatoms. The molecule has 0 fully saturated rings. The summed E-state index contributed by atoms with van der Waals surface area (Å²) in [4.78, 5) is 17.9. The zero-order chi connectivity index (χ0) is 23.3. The Morgan fingerprint density at radius 3 is 2.61 bits per heavy atom. The lowest BCUT2D eigenvalue weighted by atomic mass is 10.3. The summed E-state index contributed by atoms with van der Waals surface area (Å²) in [7, 11) is 0. The van der Waals surface area contributed by atoms with Crippen molar-refractivity contribution in [2.45, 2.75) is 25.9 Å². The summed E-state index contributed by atoms with van der Waals surface area (Å²) < 4.78 is 37.9. The summed E-state index contributed by atoms with van der Waals surface area (Å²) >= 11 is 17.4. The number of allylic oxidation sites excluding steroid dienone is 1. The normalized spacial score (nSPS) is 11.3. The first-order chi connectivity index (χ1) is 14.7. The minimum atomic E-state index is -4.17. The molecule has 0 atom stereocenters. The van der Waals surface area contributed by atoms with Crippen molar-refractivity contribution in [2.75, 3.05) is 28.8 Å². The Bertz CT molecular complexity index is 819. The predicted octanol–water partition coefficient (Wildman–Crippen LogP) is 6.33. The van der Waals surface area contributed by atoms with E-state index in [1.807, 2.05) is 0 Å². The van der Waals surface area contributed by atoms with Crippen LogP contribution in [0.3, 0.4) is 0 Å². The summed E-state index contributed by atoms with van der Waals surface area (Å²) in [6, 6.07) is 3.56. The molecule has 5 nitrogen and oxygen atoms in total. The lowest BCUT2D eigenvalue weighted by Gasteiger charge is -2.19. The van der Waals surface area contributed by atoms with Crippen LogP contribution < -0.4 is 4.90 Å². The molecule has 0 saturated carbocycles. The zero-order valence-electron chi connectivity index (χ0n) is 16.7. The van der Waals surface area contributed by atoms with Crippen LogP contribution in [0.1, 0.15) is 19.8 Å². The number of halogens is 6. The number of carbonyl (C=O) groups is 1. The second kappa shape index (κ2) is 14.6. The second-order valence-electron chi connectivity index (χ2n) is 5.84. The van der Waals surface area contributed by atoms with Crippen molar-refractivity contribution in [3.63, 3.8) is 0 Å². The Kier molecular flexibility index (Phi) is 13.0. The van der Waals surface area contributed by atoms with Gasteiger partial charge in [0.2, 0.25) is 5.91 Å². The minimum Gasteiger partial charge on any atom is -0.308 e. The summed E-state index contributed by atoms with van der Waals surface area (Å²) in [6.45, 7) is 2.18. The first-order valence-electron chi connectivity index (χ1n) is 9.15. The first kappa shape index (κ1) is 27.6. The molecule has 0 aliphatic rings. The van der Waals surface area contributed by atoms with Crippen molar-refractivity contribution in [1.82, 2.24) is 14.8 Å². The van der Waals surface area contributed by atoms with Crippen LogP contribution in [0, 0.1) is 0 Å². The fraction of sp³-hybridized carbons (Fsp3) is 0.421. The van der Waals surface area contributed by atoms with Gasteiger partial charge in [-0.1, -0.05) is 29.3 Å². The van der Waals surface area contributed by atoms with Gasteiger partial charge in [0.25, 0.3) is 0 Å². The van der Waals surface area contributed by atoms with Crippen molar-refractivity contribution in [3.05, 3.63) is 47.5 Å². The number of pyridine rings is 1. The van der Waals surface area contributed by atoms with Crippen LogP contribution in [0.25, 0.3) is 5.69 Å². The van der Waals surface area contributed by atoms with E-state index in [9.17, 15) is 18.0 Å². The fourth-order valence-corrected chi connectivity index (χ4v) is 3.65. The number of rotatable bonds is 9. The van der Waals surface area contributed by atoms with E-state index >= 15 is 0 Å². The van der Waals surface area contributed by atoms with Gasteiger partial charge in [0, 0.05) is 42.1 Å². The Labute approximate surface area is 198 Å². The van der Waals surface area contributed by atoms with Crippen LogP contribution in [0.5, 0.6) is 0 Å². The van der Waals surface area contributed by atoms with Gasteiger partial charge >= 0.3 is 6.18 Å². The first-order valence-corrected chi connectivity index (χ1v) is 11.7. The van der Waals surface area contributed by atoms with Crippen molar-refractivity contribution < 1.29 is 18.0 Å². The minimum absolute atomic E-state index is 0.0530. The van der Waals surface area contributed by atoms with Crippen molar-refractivity contribution in [2.24, 2.45) is 0 Å². The predicted molar refractivity (Wildman–Crippen MR) is 123 cm³/mol. The van der Waals surface area contributed by atoms with Crippen molar-refractivity contribution >= 4 is 58.2 Å². The van der Waals surface area contributed by atoms with E-state index < -0.39 is 12.6 Å². The third-order valence-corrected chi connectivity index (χ3v) is 5.25. The van der Waals surface area contributed by atoms with Gasteiger partial charge in [-0.2, -0.15) is 30.0 Å². The van der Waals surface area contributed by atoms with Gasteiger partial charge in [-0.05, 0) is 19.1 Å². The molecule has 0 unspecified atom stereocenters. The average Bonchev–Trinajstić information content (AvgIpc) is 3.11. The third-order valence-electron chi connectivity index (χ3n) is 3.64. The second-order valence-corrected chi connectivity index (χ2v) is 7.99. The number of hydrogen-bond acceptors (Lipinski definition) is 4. The molecule has 0 aromatic carbocycles. The monoisotopic (exact) mass is 516 g/mol. The Morgan fingerprint density at radius 2 is 2.10 bits per heavy atom. The number of alkyl halides is 4. The van der Waals surface area contributed by atoms with Gasteiger partial charge < -0.3 is 4.90 Å². The number of anilines is 1. The van der Waals surface area contributed by atoms with Crippen LogP contribution >= 0.6 is 46.6 Å². The molecule has 31 heavy (non-hydrogen) atoms. The van der Waals surface area contributed by atoms with Crippen LogP contribution in [-0.4, -0.2) is 50.8 Å². The number of thioether (sulfide) groups is 1. The number of amides is 1. The van der Waals surface area contributed by atoms with Gasteiger partial charge in [-0.25, -0.2) is 4.68 Å². The average molecular weight is 518 g/mol. The van der Waals surface area contributed by atoms with E-state index in [4.69, 9.17) is 34.8 Å². The highest BCUT2D eigenvalue weighted by Gasteiger charge is 2.26. The summed E-state index contributed by atoms with van der Waals surface area (Å²) in [6.07, 6.45) is 1.65. The van der Waals surface area contributed by atoms with E-state index in [2.05, 4.69) is 10.1 Å². The largest absolute Gasteiger partial charge is 0.389 e. The van der Waals surface area contributed by atoms with E-state index in [0.29, 0.717) is 29.6 Å². The number of nitrogens with zero attached hydrogens (tertiary/aromatic N) is 4. The molecule has 1 amide bonds. The molecule has 172 valence electrons. The van der Waals surface area contributed by atoms with E-state index in [1.54, 1.807) is 43.7 Å². The lowest BCUT2D eigenvalue weighted by molar-refractivity contribution is -0.129. The Hall–Kier alpha value is -1.42. The van der Waals surface area contributed by atoms with E-state index in [1.165, 1.54) is 15.1 Å². The van der Waals surface area contributed by atoms with Gasteiger partial charge in [0.05, 0.1) is 24.5 Å². The van der Waals surface area contributed by atoms with Crippen molar-refractivity contribution in [3.8, 4) is 5.69 Å². The molecule has 2 aromatic rings. The highest BCUT2D eigenvalue weighted by molar-refractivity contribution is 7.99. The van der Waals surface area contributed by atoms with Crippen LogP contribution in [0.2, 0.25) is 5.15 Å². The maximum Gasteiger partial charge on any atom is 0.389 e. The number of hydrogen-bond donors (Lipinski definition) is 0. The molecule has 0 aliphatic heterocycles. The molecule has 0 spiro atoms. The molecule has 0 saturated heterocycles. The molecular formula is C19H22Cl3F3N4OS. The van der Waals surface area contributed by atoms with Gasteiger partial charge in [0.15, 0.2) is 5.15 Å². The molecule has 0 N–H and O–H groups in total. The molecule has 2 rings (SSSR count). The molecule has 0 bridgehead atoms. The number of aromatic nitrogens is 3. The Morgan fingerprint density at radius 1 is 1.35 bits per heavy atom. The van der Waals surface area contributed by atoms with Crippen LogP contribution in [0.4, 0.5) is 18.9 Å². The molecular weight excluding hydrogens is 496 g/mol. The van der Waals surface area contributed by atoms with Gasteiger partial charge in [-0.15, -0.1) is 11.6 Å². The fourth-order valence-electron chi connectivity index (χ4n) is 2.25. The van der Waals surface area contributed by atoms with E-state index in [0.717, 1.165) is 11.8 Å². The molecule has 2 aromatic heterocycles. The van der Waals surface area contributed by atoms with Crippen molar-refractivity contribution in [1.29, 1.82) is 0 Å². The summed E-state index contributed by atoms with van der Waals surface area (Å²) in [5, 5.41) is 4.36. The molecule has 2 heterocycles. The van der Waals surface area contributed by atoms with Crippen LogP contribution in [-0.2, 0) is 4.79 Å². The third kappa shape index (κ3) is 10.6. The standard InChI is InChI=1S/C16H18ClF3N4OS.C3H4Cl2/c1-2-23(14(25)5-8-26-9-6-16(18,19)20)13-11-24(22-15(13)17)12-4-3-7-21-10-12;4-2-1-3-5/h3-4,7,10-11H,2,5-6,8-9H2,1H3;1-2H,3H2/b;2-1-.